The lowest BCUT2D eigenvalue weighted by molar-refractivity contribution is -0.274. The van der Waals surface area contributed by atoms with Crippen molar-refractivity contribution in [3.63, 3.8) is 0 Å². The molecule has 0 saturated carbocycles. The zero-order valence-corrected chi connectivity index (χ0v) is 9.59. The highest BCUT2D eigenvalue weighted by Gasteiger charge is 2.20. The van der Waals surface area contributed by atoms with Crippen LogP contribution in [0.3, 0.4) is 0 Å². The minimum absolute atomic E-state index is 0.149. The highest BCUT2D eigenvalue weighted by atomic mass is 17.1. The molecule has 0 radical (unpaired) electrons. The summed E-state index contributed by atoms with van der Waals surface area (Å²) in [5.74, 6) is 1.01. The van der Waals surface area contributed by atoms with E-state index in [0.717, 1.165) is 19.3 Å². The molecule has 2 nitrogen and oxygen atoms in total. The normalized spacial score (nSPS) is 34.7. The molecule has 0 aliphatic heterocycles. The zero-order chi connectivity index (χ0) is 11.2. The van der Waals surface area contributed by atoms with E-state index in [2.05, 4.69) is 35.3 Å². The highest BCUT2D eigenvalue weighted by Crippen LogP contribution is 2.25. The van der Waals surface area contributed by atoms with E-state index in [4.69, 9.17) is 5.26 Å². The van der Waals surface area contributed by atoms with Crippen molar-refractivity contribution >= 4 is 0 Å². The smallest absolute Gasteiger partial charge is 0.117 e. The quantitative estimate of drug-likeness (QED) is 0.446. The van der Waals surface area contributed by atoms with Gasteiger partial charge in [0.2, 0.25) is 0 Å². The van der Waals surface area contributed by atoms with Gasteiger partial charge in [-0.2, -0.15) is 0 Å². The monoisotopic (exact) mass is 220 g/mol. The van der Waals surface area contributed by atoms with Crippen LogP contribution in [0.25, 0.3) is 0 Å². The Balaban J connectivity index is 1.89. The van der Waals surface area contributed by atoms with Crippen LogP contribution in [0.2, 0.25) is 0 Å². The van der Waals surface area contributed by atoms with Crippen LogP contribution in [-0.2, 0) is 4.89 Å². The lowest BCUT2D eigenvalue weighted by atomic mass is 9.88. The average Bonchev–Trinajstić information content (AvgIpc) is 2.38. The molecule has 0 amide bonds. The SMILES string of the molecule is OOC1C=CCCC1/C=C/C1CC=CCC1. The Morgan fingerprint density at radius 3 is 2.69 bits per heavy atom. The summed E-state index contributed by atoms with van der Waals surface area (Å²) < 4.78 is 0. The molecule has 3 unspecified atom stereocenters. The van der Waals surface area contributed by atoms with E-state index >= 15 is 0 Å². The van der Waals surface area contributed by atoms with Gasteiger partial charge in [-0.1, -0.05) is 36.5 Å². The summed E-state index contributed by atoms with van der Waals surface area (Å²) in [5.41, 5.74) is 0. The molecule has 0 saturated heterocycles. The molecule has 2 rings (SSSR count). The Morgan fingerprint density at radius 1 is 1.06 bits per heavy atom. The second-order valence-corrected chi connectivity index (χ2v) is 4.67. The van der Waals surface area contributed by atoms with Crippen molar-refractivity contribution < 1.29 is 10.1 Å². The molecule has 2 aliphatic rings. The van der Waals surface area contributed by atoms with Gasteiger partial charge in [-0.15, -0.1) is 0 Å². The molecular weight excluding hydrogens is 200 g/mol. The van der Waals surface area contributed by atoms with Crippen LogP contribution in [0.4, 0.5) is 0 Å². The maximum absolute atomic E-state index is 8.80. The molecule has 0 aromatic rings. The van der Waals surface area contributed by atoms with Crippen LogP contribution in [0.5, 0.6) is 0 Å². The van der Waals surface area contributed by atoms with Crippen molar-refractivity contribution in [2.24, 2.45) is 11.8 Å². The van der Waals surface area contributed by atoms with Gasteiger partial charge in [-0.25, -0.2) is 4.89 Å². The summed E-state index contributed by atoms with van der Waals surface area (Å²) in [6.45, 7) is 0. The molecular formula is C14H20O2. The summed E-state index contributed by atoms with van der Waals surface area (Å²) in [5, 5.41) is 8.80. The summed E-state index contributed by atoms with van der Waals surface area (Å²) >= 11 is 0. The second kappa shape index (κ2) is 6.02. The molecule has 0 heterocycles. The summed E-state index contributed by atoms with van der Waals surface area (Å²) in [4.78, 5) is 4.49. The van der Waals surface area contributed by atoms with Gasteiger partial charge in [0.15, 0.2) is 0 Å². The fourth-order valence-electron chi connectivity index (χ4n) is 2.44. The third-order valence-electron chi connectivity index (χ3n) is 3.48. The van der Waals surface area contributed by atoms with E-state index in [1.807, 2.05) is 6.08 Å². The van der Waals surface area contributed by atoms with Crippen molar-refractivity contribution in [1.82, 2.24) is 0 Å². The van der Waals surface area contributed by atoms with Gasteiger partial charge in [0.05, 0.1) is 0 Å². The number of hydrogen-bond donors (Lipinski definition) is 1. The average molecular weight is 220 g/mol. The Bertz CT molecular complexity index is 291. The van der Waals surface area contributed by atoms with Crippen molar-refractivity contribution in [3.05, 3.63) is 36.5 Å². The molecule has 1 N–H and O–H groups in total. The van der Waals surface area contributed by atoms with Crippen molar-refractivity contribution in [2.75, 3.05) is 0 Å². The predicted octanol–water partition coefficient (Wildman–Crippen LogP) is 3.72. The van der Waals surface area contributed by atoms with Gasteiger partial charge in [0, 0.05) is 5.92 Å². The van der Waals surface area contributed by atoms with Crippen molar-refractivity contribution in [1.29, 1.82) is 0 Å². The minimum Gasteiger partial charge on any atom is -0.251 e. The van der Waals surface area contributed by atoms with E-state index < -0.39 is 0 Å². The van der Waals surface area contributed by atoms with Crippen molar-refractivity contribution in [2.45, 2.75) is 38.2 Å². The zero-order valence-electron chi connectivity index (χ0n) is 9.59. The van der Waals surface area contributed by atoms with Crippen LogP contribution < -0.4 is 0 Å². The van der Waals surface area contributed by atoms with E-state index in [0.29, 0.717) is 11.8 Å². The standard InChI is InChI=1S/C14H20O2/c15-16-14-9-5-4-8-13(14)11-10-12-6-2-1-3-7-12/h1-2,5,9-15H,3-4,6-8H2/b11-10+. The summed E-state index contributed by atoms with van der Waals surface area (Å²) in [6.07, 6.45) is 18.7. The van der Waals surface area contributed by atoms with Crippen LogP contribution in [0.15, 0.2) is 36.5 Å². The molecule has 88 valence electrons. The minimum atomic E-state index is -0.149. The Hall–Kier alpha value is -0.860. The first-order valence-electron chi connectivity index (χ1n) is 6.20. The first-order chi connectivity index (χ1) is 7.90. The molecule has 0 aromatic heterocycles. The van der Waals surface area contributed by atoms with E-state index in [1.165, 1.54) is 12.8 Å². The molecule has 2 heteroatoms. The predicted molar refractivity (Wildman–Crippen MR) is 65.0 cm³/mol. The molecule has 0 spiro atoms. The van der Waals surface area contributed by atoms with Crippen LogP contribution >= 0.6 is 0 Å². The Morgan fingerprint density at radius 2 is 1.94 bits per heavy atom. The van der Waals surface area contributed by atoms with Gasteiger partial charge in [-0.3, -0.25) is 5.26 Å². The highest BCUT2D eigenvalue weighted by molar-refractivity contribution is 5.07. The van der Waals surface area contributed by atoms with Gasteiger partial charge >= 0.3 is 0 Å². The van der Waals surface area contributed by atoms with Crippen LogP contribution in [0, 0.1) is 11.8 Å². The van der Waals surface area contributed by atoms with E-state index in [1.54, 1.807) is 0 Å². The summed E-state index contributed by atoms with van der Waals surface area (Å²) in [6, 6.07) is 0. The molecule has 0 bridgehead atoms. The maximum atomic E-state index is 8.80. The Labute approximate surface area is 97.2 Å². The largest absolute Gasteiger partial charge is 0.251 e. The number of allylic oxidation sites excluding steroid dienone is 4. The molecule has 0 fully saturated rings. The lowest BCUT2D eigenvalue weighted by Gasteiger charge is -2.23. The van der Waals surface area contributed by atoms with Gasteiger partial charge in [0.1, 0.15) is 6.10 Å². The van der Waals surface area contributed by atoms with Crippen molar-refractivity contribution in [3.8, 4) is 0 Å². The third-order valence-corrected chi connectivity index (χ3v) is 3.48. The lowest BCUT2D eigenvalue weighted by Crippen LogP contribution is -2.21. The molecule has 0 aromatic carbocycles. The fraction of sp³-hybridized carbons (Fsp3) is 0.571. The Kier molecular flexibility index (Phi) is 4.37. The topological polar surface area (TPSA) is 29.5 Å². The fourth-order valence-corrected chi connectivity index (χ4v) is 2.44. The van der Waals surface area contributed by atoms with E-state index in [-0.39, 0.29) is 6.10 Å². The molecule has 16 heavy (non-hydrogen) atoms. The van der Waals surface area contributed by atoms with Crippen LogP contribution in [0.1, 0.15) is 32.1 Å². The van der Waals surface area contributed by atoms with Gasteiger partial charge in [-0.05, 0) is 38.0 Å². The molecule has 3 atom stereocenters. The maximum Gasteiger partial charge on any atom is 0.117 e. The van der Waals surface area contributed by atoms with Gasteiger partial charge < -0.3 is 0 Å². The first kappa shape index (κ1) is 11.6. The second-order valence-electron chi connectivity index (χ2n) is 4.67. The van der Waals surface area contributed by atoms with Gasteiger partial charge in [0.25, 0.3) is 0 Å². The first-order valence-corrected chi connectivity index (χ1v) is 6.20. The van der Waals surface area contributed by atoms with Crippen LogP contribution in [-0.4, -0.2) is 11.4 Å². The number of rotatable bonds is 3. The summed E-state index contributed by atoms with van der Waals surface area (Å²) in [7, 11) is 0. The number of hydrogen-bond acceptors (Lipinski definition) is 2. The third kappa shape index (κ3) is 3.06. The molecule has 2 aliphatic carbocycles. The van der Waals surface area contributed by atoms with E-state index in [9.17, 15) is 0 Å².